The number of anilines is 1. The summed E-state index contributed by atoms with van der Waals surface area (Å²) in [7, 11) is 1.56. The number of piperidine rings is 1. The Labute approximate surface area is 184 Å². The van der Waals surface area contributed by atoms with E-state index in [-0.39, 0.29) is 19.0 Å². The molecule has 9 heteroatoms. The van der Waals surface area contributed by atoms with E-state index in [9.17, 15) is 18.4 Å². The number of amides is 3. The molecule has 2 unspecified atom stereocenters. The van der Waals surface area contributed by atoms with Gasteiger partial charge in [0.1, 0.15) is 5.75 Å². The highest BCUT2D eigenvalue weighted by Crippen LogP contribution is 2.31. The fraction of sp³-hybridized carbons (Fsp3) is 0.364. The summed E-state index contributed by atoms with van der Waals surface area (Å²) in [5.74, 6) is -4.18. The Bertz CT molecular complexity index is 917. The fourth-order valence-corrected chi connectivity index (χ4v) is 3.81. The van der Waals surface area contributed by atoms with Gasteiger partial charge in [-0.1, -0.05) is 23.7 Å². The Morgan fingerprint density at radius 2 is 1.77 bits per heavy atom. The van der Waals surface area contributed by atoms with Crippen LogP contribution in [0.15, 0.2) is 48.5 Å². The number of carbonyl (C=O) groups excluding carboxylic acids is 2. The van der Waals surface area contributed by atoms with Crippen molar-refractivity contribution in [3.05, 3.63) is 59.1 Å². The maximum absolute atomic E-state index is 13.6. The van der Waals surface area contributed by atoms with Crippen molar-refractivity contribution in [1.29, 1.82) is 0 Å². The molecular weight excluding hydrogens is 428 g/mol. The van der Waals surface area contributed by atoms with Crippen molar-refractivity contribution in [1.82, 2.24) is 10.2 Å². The van der Waals surface area contributed by atoms with Crippen LogP contribution in [0.2, 0.25) is 5.02 Å². The number of methoxy groups -OCH3 is 1. The number of hydrogen-bond acceptors (Lipinski definition) is 3. The Balaban J connectivity index is 1.78. The monoisotopic (exact) mass is 451 g/mol. The smallest absolute Gasteiger partial charge is 0.322 e. The second-order valence-electron chi connectivity index (χ2n) is 7.52. The van der Waals surface area contributed by atoms with E-state index < -0.39 is 23.9 Å². The maximum Gasteiger partial charge on any atom is 0.322 e. The van der Waals surface area contributed by atoms with E-state index in [0.29, 0.717) is 29.8 Å². The molecule has 1 fully saturated rings. The van der Waals surface area contributed by atoms with Crippen LogP contribution >= 0.6 is 11.6 Å². The van der Waals surface area contributed by atoms with Gasteiger partial charge >= 0.3 is 12.0 Å². The Morgan fingerprint density at radius 3 is 2.35 bits per heavy atom. The van der Waals surface area contributed by atoms with Gasteiger partial charge in [-0.15, -0.1) is 0 Å². The van der Waals surface area contributed by atoms with E-state index in [1.807, 2.05) is 12.1 Å². The van der Waals surface area contributed by atoms with E-state index in [1.54, 1.807) is 43.5 Å². The molecule has 2 atom stereocenters. The van der Waals surface area contributed by atoms with E-state index in [1.165, 1.54) is 0 Å². The molecule has 2 N–H and O–H groups in total. The quantitative estimate of drug-likeness (QED) is 0.702. The molecule has 3 rings (SSSR count). The standard InChI is InChI=1S/C22H24ClF2N3O3/c1-22(24,25)20(29)28-12-11-18(14-3-9-17(31-2)10-4-14)19(13-28)27-21(30)26-16-7-5-15(23)6-8-16/h3-10,18-19H,11-13H2,1-2H3,(H2,26,27,30). The topological polar surface area (TPSA) is 70.7 Å². The molecule has 3 amide bonds. The average Bonchev–Trinajstić information content (AvgIpc) is 2.74. The minimum absolute atomic E-state index is 0.0208. The molecule has 0 aliphatic carbocycles. The van der Waals surface area contributed by atoms with Crippen LogP contribution in [-0.2, 0) is 4.79 Å². The number of alkyl halides is 2. The van der Waals surface area contributed by atoms with Crippen molar-refractivity contribution in [2.45, 2.75) is 31.2 Å². The summed E-state index contributed by atoms with van der Waals surface area (Å²) >= 11 is 5.86. The highest BCUT2D eigenvalue weighted by Gasteiger charge is 2.41. The van der Waals surface area contributed by atoms with Crippen molar-refractivity contribution >= 4 is 29.2 Å². The Hall–Kier alpha value is -2.87. The van der Waals surface area contributed by atoms with Crippen LogP contribution in [0.5, 0.6) is 5.75 Å². The number of halogens is 3. The third kappa shape index (κ3) is 5.85. The van der Waals surface area contributed by atoms with Gasteiger partial charge in [0.2, 0.25) is 0 Å². The highest BCUT2D eigenvalue weighted by atomic mass is 35.5. The number of urea groups is 1. The second kappa shape index (κ2) is 9.51. The molecule has 0 radical (unpaired) electrons. The lowest BCUT2D eigenvalue weighted by Crippen LogP contribution is -2.56. The molecule has 0 bridgehead atoms. The first-order valence-electron chi connectivity index (χ1n) is 9.81. The zero-order chi connectivity index (χ0) is 22.6. The minimum atomic E-state index is -3.47. The van der Waals surface area contributed by atoms with Gasteiger partial charge in [-0.2, -0.15) is 8.78 Å². The number of carbonyl (C=O) groups is 2. The van der Waals surface area contributed by atoms with E-state index >= 15 is 0 Å². The first-order chi connectivity index (χ1) is 14.7. The number of nitrogens with one attached hydrogen (secondary N) is 2. The summed E-state index contributed by atoms with van der Waals surface area (Å²) in [5.41, 5.74) is 1.46. The summed E-state index contributed by atoms with van der Waals surface area (Å²) in [6.07, 6.45) is 0.431. The third-order valence-corrected chi connectivity index (χ3v) is 5.49. The summed E-state index contributed by atoms with van der Waals surface area (Å²) in [6, 6.07) is 12.9. The van der Waals surface area contributed by atoms with E-state index in [2.05, 4.69) is 10.6 Å². The third-order valence-electron chi connectivity index (χ3n) is 5.24. The van der Waals surface area contributed by atoms with Gasteiger partial charge in [-0.25, -0.2) is 4.79 Å². The van der Waals surface area contributed by atoms with Gasteiger partial charge < -0.3 is 20.3 Å². The van der Waals surface area contributed by atoms with Crippen LogP contribution in [0.1, 0.15) is 24.8 Å². The first-order valence-corrected chi connectivity index (χ1v) is 10.2. The van der Waals surface area contributed by atoms with E-state index in [0.717, 1.165) is 10.5 Å². The van der Waals surface area contributed by atoms with Crippen molar-refractivity contribution in [3.63, 3.8) is 0 Å². The highest BCUT2D eigenvalue weighted by molar-refractivity contribution is 6.30. The number of rotatable bonds is 5. The summed E-state index contributed by atoms with van der Waals surface area (Å²) in [5, 5.41) is 6.08. The minimum Gasteiger partial charge on any atom is -0.497 e. The molecule has 31 heavy (non-hydrogen) atoms. The van der Waals surface area contributed by atoms with Crippen molar-refractivity contribution in [2.24, 2.45) is 0 Å². The van der Waals surface area contributed by atoms with Gasteiger partial charge in [-0.05, 0) is 48.4 Å². The fourth-order valence-electron chi connectivity index (χ4n) is 3.68. The lowest BCUT2D eigenvalue weighted by atomic mass is 9.85. The molecule has 0 aromatic heterocycles. The lowest BCUT2D eigenvalue weighted by Gasteiger charge is -2.40. The molecule has 6 nitrogen and oxygen atoms in total. The summed E-state index contributed by atoms with van der Waals surface area (Å²) < 4.78 is 32.4. The van der Waals surface area contributed by atoms with Gasteiger partial charge in [0, 0.05) is 36.6 Å². The molecule has 0 spiro atoms. The zero-order valence-electron chi connectivity index (χ0n) is 17.2. The van der Waals surface area contributed by atoms with Crippen LogP contribution < -0.4 is 15.4 Å². The molecule has 1 heterocycles. The number of hydrogen-bond donors (Lipinski definition) is 2. The SMILES string of the molecule is COc1ccc(C2CCN(C(=O)C(C)(F)F)CC2NC(=O)Nc2ccc(Cl)cc2)cc1. The predicted octanol–water partition coefficient (Wildman–Crippen LogP) is 4.51. The molecule has 2 aromatic carbocycles. The van der Waals surface area contributed by atoms with Crippen molar-refractivity contribution in [2.75, 3.05) is 25.5 Å². The Kier molecular flexibility index (Phi) is 7.00. The Morgan fingerprint density at radius 1 is 1.13 bits per heavy atom. The van der Waals surface area contributed by atoms with Gasteiger partial charge in [0.05, 0.1) is 13.2 Å². The number of benzene rings is 2. The second-order valence-corrected chi connectivity index (χ2v) is 7.96. The molecule has 1 saturated heterocycles. The van der Waals surface area contributed by atoms with Crippen molar-refractivity contribution < 1.29 is 23.1 Å². The van der Waals surface area contributed by atoms with Crippen LogP contribution in [0.25, 0.3) is 0 Å². The van der Waals surface area contributed by atoms with Crippen molar-refractivity contribution in [3.8, 4) is 5.75 Å². The van der Waals surface area contributed by atoms with Crippen LogP contribution in [-0.4, -0.2) is 49.0 Å². The number of likely N-dealkylation sites (tertiary alicyclic amines) is 1. The normalized spacial score (nSPS) is 18.9. The predicted molar refractivity (Wildman–Crippen MR) is 115 cm³/mol. The first kappa shape index (κ1) is 22.8. The molecule has 1 aliphatic rings. The number of nitrogens with zero attached hydrogens (tertiary/aromatic N) is 1. The number of ether oxygens (including phenoxy) is 1. The molecule has 2 aromatic rings. The van der Waals surface area contributed by atoms with Gasteiger partial charge in [0.25, 0.3) is 5.91 Å². The molecule has 0 saturated carbocycles. The summed E-state index contributed by atoms with van der Waals surface area (Å²) in [4.78, 5) is 25.8. The van der Waals surface area contributed by atoms with Crippen LogP contribution in [0.4, 0.5) is 19.3 Å². The van der Waals surface area contributed by atoms with E-state index in [4.69, 9.17) is 16.3 Å². The van der Waals surface area contributed by atoms with Crippen LogP contribution in [0.3, 0.4) is 0 Å². The maximum atomic E-state index is 13.6. The summed E-state index contributed by atoms with van der Waals surface area (Å²) in [6.45, 7) is 0.740. The molecular formula is C22H24ClF2N3O3. The van der Waals surface area contributed by atoms with Crippen LogP contribution in [0, 0.1) is 0 Å². The van der Waals surface area contributed by atoms with Gasteiger partial charge in [0.15, 0.2) is 0 Å². The lowest BCUT2D eigenvalue weighted by molar-refractivity contribution is -0.156. The average molecular weight is 452 g/mol. The largest absolute Gasteiger partial charge is 0.497 e. The molecule has 166 valence electrons. The zero-order valence-corrected chi connectivity index (χ0v) is 18.0. The molecule has 1 aliphatic heterocycles. The van der Waals surface area contributed by atoms with Gasteiger partial charge in [-0.3, -0.25) is 4.79 Å².